The van der Waals surface area contributed by atoms with Gasteiger partial charge in [0, 0.05) is 0 Å². The smallest absolute Gasteiger partial charge is 0.146 e. The van der Waals surface area contributed by atoms with Crippen LogP contribution in [0, 0.1) is 11.3 Å². The molecular formula is C18H18ClNO. The molecule has 2 aromatic carbocycles. The minimum Gasteiger partial charge on any atom is -0.456 e. The van der Waals surface area contributed by atoms with E-state index in [1.165, 1.54) is 5.56 Å². The van der Waals surface area contributed by atoms with Crippen molar-refractivity contribution in [2.45, 2.75) is 32.6 Å². The monoisotopic (exact) mass is 299 g/mol. The fourth-order valence-corrected chi connectivity index (χ4v) is 2.21. The number of hydrogen-bond acceptors (Lipinski definition) is 2. The average molecular weight is 300 g/mol. The van der Waals surface area contributed by atoms with Crippen molar-refractivity contribution < 1.29 is 4.74 Å². The SMILES string of the molecule is CCC(C)(C)c1ccc(Oc2cccc(Cl)c2C#N)cc1. The second-order valence-corrected chi connectivity index (χ2v) is 6.00. The molecule has 0 bridgehead atoms. The van der Waals surface area contributed by atoms with E-state index < -0.39 is 0 Å². The Labute approximate surface area is 130 Å². The standard InChI is InChI=1S/C18H18ClNO/c1-4-18(2,3)13-8-10-14(11-9-13)21-17-7-5-6-16(19)15(17)12-20/h5-11H,4H2,1-3H3. The minimum atomic E-state index is 0.145. The second-order valence-electron chi connectivity index (χ2n) is 5.59. The highest BCUT2D eigenvalue weighted by atomic mass is 35.5. The number of halogens is 1. The lowest BCUT2D eigenvalue weighted by Gasteiger charge is -2.23. The van der Waals surface area contributed by atoms with Crippen molar-refractivity contribution >= 4 is 11.6 Å². The molecule has 0 aliphatic heterocycles. The molecule has 0 spiro atoms. The zero-order valence-corrected chi connectivity index (χ0v) is 13.2. The molecular weight excluding hydrogens is 282 g/mol. The zero-order chi connectivity index (χ0) is 15.5. The summed E-state index contributed by atoms with van der Waals surface area (Å²) in [5.41, 5.74) is 1.77. The molecule has 0 unspecified atom stereocenters. The predicted molar refractivity (Wildman–Crippen MR) is 86.0 cm³/mol. The third kappa shape index (κ3) is 3.37. The van der Waals surface area contributed by atoms with Crippen LogP contribution in [0.2, 0.25) is 5.02 Å². The molecule has 0 heterocycles. The highest BCUT2D eigenvalue weighted by Gasteiger charge is 2.17. The fraction of sp³-hybridized carbons (Fsp3) is 0.278. The topological polar surface area (TPSA) is 33.0 Å². The molecule has 0 aromatic heterocycles. The molecule has 3 heteroatoms. The Hall–Kier alpha value is -1.98. The van der Waals surface area contributed by atoms with Crippen molar-refractivity contribution in [1.29, 1.82) is 5.26 Å². The molecule has 0 N–H and O–H groups in total. The summed E-state index contributed by atoms with van der Waals surface area (Å²) in [5.74, 6) is 1.18. The van der Waals surface area contributed by atoms with Gasteiger partial charge in [-0.25, -0.2) is 0 Å². The largest absolute Gasteiger partial charge is 0.456 e. The Kier molecular flexibility index (Phi) is 4.55. The van der Waals surface area contributed by atoms with Gasteiger partial charge in [0.25, 0.3) is 0 Å². The van der Waals surface area contributed by atoms with Crippen molar-refractivity contribution in [2.24, 2.45) is 0 Å². The van der Waals surface area contributed by atoms with Gasteiger partial charge in [-0.05, 0) is 41.7 Å². The van der Waals surface area contributed by atoms with Crippen molar-refractivity contribution in [3.8, 4) is 17.6 Å². The van der Waals surface area contributed by atoms with Crippen LogP contribution in [0.3, 0.4) is 0 Å². The maximum absolute atomic E-state index is 9.15. The Balaban J connectivity index is 2.26. The predicted octanol–water partition coefficient (Wildman–Crippen LogP) is 5.69. The van der Waals surface area contributed by atoms with Crippen LogP contribution in [-0.4, -0.2) is 0 Å². The molecule has 108 valence electrons. The summed E-state index contributed by atoms with van der Waals surface area (Å²) in [5, 5.41) is 9.55. The molecule has 21 heavy (non-hydrogen) atoms. The molecule has 0 radical (unpaired) electrons. The summed E-state index contributed by atoms with van der Waals surface area (Å²) in [6, 6.07) is 15.2. The third-order valence-corrected chi connectivity index (χ3v) is 4.15. The van der Waals surface area contributed by atoms with Crippen LogP contribution >= 0.6 is 11.6 Å². The summed E-state index contributed by atoms with van der Waals surface area (Å²) in [6.45, 7) is 6.61. The molecule has 2 nitrogen and oxygen atoms in total. The first-order valence-corrected chi connectivity index (χ1v) is 7.32. The first kappa shape index (κ1) is 15.4. The van der Waals surface area contributed by atoms with E-state index in [2.05, 4.69) is 39.0 Å². The number of nitriles is 1. The average Bonchev–Trinajstić information content (AvgIpc) is 2.48. The van der Waals surface area contributed by atoms with Gasteiger partial charge in [-0.2, -0.15) is 5.26 Å². The van der Waals surface area contributed by atoms with E-state index in [-0.39, 0.29) is 5.41 Å². The van der Waals surface area contributed by atoms with Crippen molar-refractivity contribution in [3.05, 3.63) is 58.6 Å². The lowest BCUT2D eigenvalue weighted by Crippen LogP contribution is -2.14. The summed E-state index contributed by atoms with van der Waals surface area (Å²) >= 11 is 6.00. The van der Waals surface area contributed by atoms with Crippen LogP contribution in [0.15, 0.2) is 42.5 Å². The molecule has 0 aliphatic carbocycles. The van der Waals surface area contributed by atoms with E-state index in [0.29, 0.717) is 22.1 Å². The first-order chi connectivity index (χ1) is 9.97. The molecule has 0 saturated carbocycles. The fourth-order valence-electron chi connectivity index (χ4n) is 2.00. The summed E-state index contributed by atoms with van der Waals surface area (Å²) < 4.78 is 5.78. The van der Waals surface area contributed by atoms with Crippen molar-refractivity contribution in [2.75, 3.05) is 0 Å². The van der Waals surface area contributed by atoms with Gasteiger partial charge in [0.15, 0.2) is 0 Å². The Bertz CT molecular complexity index is 669. The van der Waals surface area contributed by atoms with E-state index in [0.717, 1.165) is 6.42 Å². The van der Waals surface area contributed by atoms with E-state index >= 15 is 0 Å². The minimum absolute atomic E-state index is 0.145. The normalized spacial score (nSPS) is 11.0. The number of nitrogens with zero attached hydrogens (tertiary/aromatic N) is 1. The van der Waals surface area contributed by atoms with E-state index in [1.807, 2.05) is 12.1 Å². The van der Waals surface area contributed by atoms with Gasteiger partial charge < -0.3 is 4.74 Å². The Morgan fingerprint density at radius 1 is 1.14 bits per heavy atom. The van der Waals surface area contributed by atoms with E-state index in [9.17, 15) is 0 Å². The summed E-state index contributed by atoms with van der Waals surface area (Å²) in [6.07, 6.45) is 1.07. The van der Waals surface area contributed by atoms with Crippen LogP contribution in [-0.2, 0) is 5.41 Å². The molecule has 0 saturated heterocycles. The maximum atomic E-state index is 9.15. The van der Waals surface area contributed by atoms with Crippen LogP contribution < -0.4 is 4.74 Å². The van der Waals surface area contributed by atoms with Crippen molar-refractivity contribution in [3.63, 3.8) is 0 Å². The van der Waals surface area contributed by atoms with Crippen LogP contribution in [0.1, 0.15) is 38.3 Å². The van der Waals surface area contributed by atoms with Crippen molar-refractivity contribution in [1.82, 2.24) is 0 Å². The number of hydrogen-bond donors (Lipinski definition) is 0. The quantitative estimate of drug-likeness (QED) is 0.726. The second kappa shape index (κ2) is 6.20. The third-order valence-electron chi connectivity index (χ3n) is 3.83. The Morgan fingerprint density at radius 2 is 1.81 bits per heavy atom. The van der Waals surface area contributed by atoms with Gasteiger partial charge in [-0.3, -0.25) is 0 Å². The summed E-state index contributed by atoms with van der Waals surface area (Å²) in [7, 11) is 0. The molecule has 2 aromatic rings. The van der Waals surface area contributed by atoms with Crippen LogP contribution in [0.5, 0.6) is 11.5 Å². The van der Waals surface area contributed by atoms with Gasteiger partial charge in [0.05, 0.1) is 5.02 Å². The van der Waals surface area contributed by atoms with Crippen LogP contribution in [0.25, 0.3) is 0 Å². The number of rotatable bonds is 4. The maximum Gasteiger partial charge on any atom is 0.146 e. The zero-order valence-electron chi connectivity index (χ0n) is 12.5. The highest BCUT2D eigenvalue weighted by Crippen LogP contribution is 2.32. The van der Waals surface area contributed by atoms with E-state index in [4.69, 9.17) is 21.6 Å². The van der Waals surface area contributed by atoms with Crippen LogP contribution in [0.4, 0.5) is 0 Å². The molecule has 2 rings (SSSR count). The van der Waals surface area contributed by atoms with Gasteiger partial charge in [0.1, 0.15) is 23.1 Å². The highest BCUT2D eigenvalue weighted by molar-refractivity contribution is 6.31. The molecule has 0 amide bonds. The van der Waals surface area contributed by atoms with Gasteiger partial charge >= 0.3 is 0 Å². The van der Waals surface area contributed by atoms with E-state index in [1.54, 1.807) is 18.2 Å². The molecule has 0 aliphatic rings. The lowest BCUT2D eigenvalue weighted by atomic mass is 9.82. The summed E-state index contributed by atoms with van der Waals surface area (Å²) in [4.78, 5) is 0. The lowest BCUT2D eigenvalue weighted by molar-refractivity contribution is 0.477. The molecule has 0 fully saturated rings. The first-order valence-electron chi connectivity index (χ1n) is 6.95. The number of benzene rings is 2. The molecule has 0 atom stereocenters. The Morgan fingerprint density at radius 3 is 2.38 bits per heavy atom. The van der Waals surface area contributed by atoms with Gasteiger partial charge in [0.2, 0.25) is 0 Å². The number of ether oxygens (including phenoxy) is 1. The van der Waals surface area contributed by atoms with Gasteiger partial charge in [-0.1, -0.05) is 50.6 Å². The van der Waals surface area contributed by atoms with Gasteiger partial charge in [-0.15, -0.1) is 0 Å².